The molecule has 2 aromatic rings. The molecule has 4 heteroatoms. The minimum absolute atomic E-state index is 0.0715. The van der Waals surface area contributed by atoms with Crippen molar-refractivity contribution in [2.45, 2.75) is 13.3 Å². The van der Waals surface area contributed by atoms with Crippen LogP contribution in [-0.2, 0) is 11.2 Å². The number of ether oxygens (including phenoxy) is 2. The summed E-state index contributed by atoms with van der Waals surface area (Å²) >= 11 is 0. The Labute approximate surface area is 117 Å². The zero-order valence-electron chi connectivity index (χ0n) is 11.2. The van der Waals surface area contributed by atoms with E-state index < -0.39 is 0 Å². The molecule has 0 spiro atoms. The number of anilines is 1. The van der Waals surface area contributed by atoms with Gasteiger partial charge in [-0.05, 0) is 25.1 Å². The third-order valence-corrected chi connectivity index (χ3v) is 3.16. The number of amides is 1. The third kappa shape index (κ3) is 2.59. The highest BCUT2D eigenvalue weighted by Gasteiger charge is 2.18. The maximum atomic E-state index is 12.1. The molecule has 0 atom stereocenters. The summed E-state index contributed by atoms with van der Waals surface area (Å²) in [5, 5.41) is 2.87. The van der Waals surface area contributed by atoms with Crippen molar-refractivity contribution in [3.05, 3.63) is 53.6 Å². The van der Waals surface area contributed by atoms with E-state index in [1.165, 1.54) is 0 Å². The van der Waals surface area contributed by atoms with E-state index in [0.717, 1.165) is 16.8 Å². The fraction of sp³-hybridized carbons (Fsp3) is 0.188. The van der Waals surface area contributed by atoms with Gasteiger partial charge in [0.05, 0.1) is 6.42 Å². The summed E-state index contributed by atoms with van der Waals surface area (Å²) < 4.78 is 10.7. The van der Waals surface area contributed by atoms with Crippen LogP contribution in [0.5, 0.6) is 11.5 Å². The second-order valence-electron chi connectivity index (χ2n) is 4.74. The van der Waals surface area contributed by atoms with Crippen LogP contribution in [0.2, 0.25) is 0 Å². The predicted molar refractivity (Wildman–Crippen MR) is 76.1 cm³/mol. The maximum absolute atomic E-state index is 12.1. The standard InChI is InChI=1S/C16H15NO3/c1-11-5-7-13(8-6-11)17-15(18)9-12-3-2-4-14-16(12)20-10-19-14/h2-8H,9-10H2,1H3,(H,17,18). The summed E-state index contributed by atoms with van der Waals surface area (Å²) in [6.07, 6.45) is 0.264. The SMILES string of the molecule is Cc1ccc(NC(=O)Cc2cccc3c2OCO3)cc1. The van der Waals surface area contributed by atoms with Gasteiger partial charge in [0.2, 0.25) is 12.7 Å². The van der Waals surface area contributed by atoms with E-state index in [1.807, 2.05) is 49.4 Å². The first-order chi connectivity index (χ1) is 9.72. The van der Waals surface area contributed by atoms with Gasteiger partial charge in [0.1, 0.15) is 0 Å². The second kappa shape index (κ2) is 5.25. The molecule has 102 valence electrons. The van der Waals surface area contributed by atoms with Gasteiger partial charge in [0.15, 0.2) is 11.5 Å². The maximum Gasteiger partial charge on any atom is 0.231 e. The second-order valence-corrected chi connectivity index (χ2v) is 4.74. The number of hydrogen-bond acceptors (Lipinski definition) is 3. The summed E-state index contributed by atoms with van der Waals surface area (Å²) in [6.45, 7) is 2.22. The fourth-order valence-electron chi connectivity index (χ4n) is 2.14. The van der Waals surface area contributed by atoms with Crippen molar-refractivity contribution < 1.29 is 14.3 Å². The van der Waals surface area contributed by atoms with Crippen LogP contribution in [0.25, 0.3) is 0 Å². The molecule has 20 heavy (non-hydrogen) atoms. The molecule has 0 saturated carbocycles. The highest BCUT2D eigenvalue weighted by atomic mass is 16.7. The molecule has 1 amide bonds. The van der Waals surface area contributed by atoms with Gasteiger partial charge in [-0.15, -0.1) is 0 Å². The molecule has 0 bridgehead atoms. The molecule has 1 N–H and O–H groups in total. The van der Waals surface area contributed by atoms with Crippen molar-refractivity contribution in [1.29, 1.82) is 0 Å². The molecule has 0 unspecified atom stereocenters. The molecule has 0 radical (unpaired) electrons. The van der Waals surface area contributed by atoms with Crippen LogP contribution >= 0.6 is 0 Å². The van der Waals surface area contributed by atoms with Gasteiger partial charge < -0.3 is 14.8 Å². The van der Waals surface area contributed by atoms with E-state index in [1.54, 1.807) is 0 Å². The number of hydrogen-bond donors (Lipinski definition) is 1. The molecule has 1 aliphatic rings. The highest BCUT2D eigenvalue weighted by molar-refractivity contribution is 5.92. The molecule has 4 nitrogen and oxygen atoms in total. The van der Waals surface area contributed by atoms with Crippen molar-refractivity contribution >= 4 is 11.6 Å². The molecular weight excluding hydrogens is 254 g/mol. The topological polar surface area (TPSA) is 47.6 Å². The normalized spacial score (nSPS) is 12.2. The van der Waals surface area contributed by atoms with Crippen LogP contribution in [0.1, 0.15) is 11.1 Å². The fourth-order valence-corrected chi connectivity index (χ4v) is 2.14. The number of aryl methyl sites for hydroxylation is 1. The monoisotopic (exact) mass is 269 g/mol. The molecule has 0 aromatic heterocycles. The van der Waals surface area contributed by atoms with Crippen molar-refractivity contribution in [3.8, 4) is 11.5 Å². The Hall–Kier alpha value is -2.49. The zero-order chi connectivity index (χ0) is 13.9. The first-order valence-electron chi connectivity index (χ1n) is 6.46. The number of nitrogens with one attached hydrogen (secondary N) is 1. The number of para-hydroxylation sites is 1. The lowest BCUT2D eigenvalue weighted by atomic mass is 10.1. The molecule has 0 aliphatic carbocycles. The van der Waals surface area contributed by atoms with Crippen LogP contribution < -0.4 is 14.8 Å². The van der Waals surface area contributed by atoms with Crippen LogP contribution in [0.15, 0.2) is 42.5 Å². The first kappa shape index (κ1) is 12.5. The Morgan fingerprint density at radius 2 is 1.95 bits per heavy atom. The number of carbonyl (C=O) groups is 1. The highest BCUT2D eigenvalue weighted by Crippen LogP contribution is 2.35. The number of fused-ring (bicyclic) bond motifs is 1. The minimum Gasteiger partial charge on any atom is -0.454 e. The predicted octanol–water partition coefficient (Wildman–Crippen LogP) is 2.90. The zero-order valence-corrected chi connectivity index (χ0v) is 11.2. The number of benzene rings is 2. The van der Waals surface area contributed by atoms with Gasteiger partial charge in [-0.1, -0.05) is 29.8 Å². The summed E-state index contributed by atoms with van der Waals surface area (Å²) in [6, 6.07) is 13.3. The van der Waals surface area contributed by atoms with E-state index in [-0.39, 0.29) is 19.1 Å². The third-order valence-electron chi connectivity index (χ3n) is 3.16. The Morgan fingerprint density at radius 3 is 2.75 bits per heavy atom. The largest absolute Gasteiger partial charge is 0.454 e. The number of rotatable bonds is 3. The first-order valence-corrected chi connectivity index (χ1v) is 6.46. The quantitative estimate of drug-likeness (QED) is 0.932. The van der Waals surface area contributed by atoms with Gasteiger partial charge in [-0.25, -0.2) is 0 Å². The van der Waals surface area contributed by atoms with Crippen LogP contribution in [0, 0.1) is 6.92 Å². The summed E-state index contributed by atoms with van der Waals surface area (Å²) in [5.74, 6) is 1.30. The molecule has 3 rings (SSSR count). The summed E-state index contributed by atoms with van der Waals surface area (Å²) in [4.78, 5) is 12.1. The molecular formula is C16H15NO3. The molecule has 0 fully saturated rings. The molecule has 2 aromatic carbocycles. The Bertz CT molecular complexity index is 635. The Kier molecular flexibility index (Phi) is 3.29. The van der Waals surface area contributed by atoms with Crippen molar-refractivity contribution in [2.75, 3.05) is 12.1 Å². The molecule has 1 aliphatic heterocycles. The van der Waals surface area contributed by atoms with E-state index >= 15 is 0 Å². The van der Waals surface area contributed by atoms with Gasteiger partial charge in [-0.2, -0.15) is 0 Å². The summed E-state index contributed by atoms with van der Waals surface area (Å²) in [7, 11) is 0. The summed E-state index contributed by atoms with van der Waals surface area (Å²) in [5.41, 5.74) is 2.80. The van der Waals surface area contributed by atoms with Crippen molar-refractivity contribution in [1.82, 2.24) is 0 Å². The van der Waals surface area contributed by atoms with Gasteiger partial charge >= 0.3 is 0 Å². The van der Waals surface area contributed by atoms with Crippen molar-refractivity contribution in [3.63, 3.8) is 0 Å². The van der Waals surface area contributed by atoms with Crippen LogP contribution in [0.3, 0.4) is 0 Å². The van der Waals surface area contributed by atoms with Gasteiger partial charge in [0, 0.05) is 11.3 Å². The van der Waals surface area contributed by atoms with Crippen molar-refractivity contribution in [2.24, 2.45) is 0 Å². The van der Waals surface area contributed by atoms with Gasteiger partial charge in [0.25, 0.3) is 0 Å². The lowest BCUT2D eigenvalue weighted by Crippen LogP contribution is -2.14. The average Bonchev–Trinajstić information content (AvgIpc) is 2.91. The molecule has 0 saturated heterocycles. The molecule has 1 heterocycles. The van der Waals surface area contributed by atoms with E-state index in [4.69, 9.17) is 9.47 Å². The Balaban J connectivity index is 1.70. The van der Waals surface area contributed by atoms with E-state index in [2.05, 4.69) is 5.32 Å². The Morgan fingerprint density at radius 1 is 1.15 bits per heavy atom. The van der Waals surface area contributed by atoms with E-state index in [9.17, 15) is 4.79 Å². The lowest BCUT2D eigenvalue weighted by Gasteiger charge is -2.07. The van der Waals surface area contributed by atoms with Crippen LogP contribution in [-0.4, -0.2) is 12.7 Å². The minimum atomic E-state index is -0.0715. The lowest BCUT2D eigenvalue weighted by molar-refractivity contribution is -0.115. The van der Waals surface area contributed by atoms with Crippen LogP contribution in [0.4, 0.5) is 5.69 Å². The number of carbonyl (C=O) groups excluding carboxylic acids is 1. The smallest absolute Gasteiger partial charge is 0.231 e. The average molecular weight is 269 g/mol. The van der Waals surface area contributed by atoms with E-state index in [0.29, 0.717) is 11.5 Å². The van der Waals surface area contributed by atoms with Gasteiger partial charge in [-0.3, -0.25) is 4.79 Å².